The number of hydrogen-bond donors (Lipinski definition) is 2. The lowest BCUT2D eigenvalue weighted by Crippen LogP contribution is -2.13. The highest BCUT2D eigenvalue weighted by Gasteiger charge is 2.19. The molecule has 1 aromatic heterocycles. The smallest absolute Gasteiger partial charge is 0.273 e. The fraction of sp³-hybridized carbons (Fsp3) is 0.273. The average molecular weight is 314 g/mol. The fourth-order valence-electron chi connectivity index (χ4n) is 1.71. The second kappa shape index (κ2) is 5.58. The quantitative estimate of drug-likeness (QED) is 0.803. The summed E-state index contributed by atoms with van der Waals surface area (Å²) in [6, 6.07) is 3.19. The molecule has 0 fully saturated rings. The second-order valence-electron chi connectivity index (χ2n) is 3.92. The van der Waals surface area contributed by atoms with Crippen LogP contribution in [-0.4, -0.2) is 44.9 Å². The van der Waals surface area contributed by atoms with E-state index in [0.717, 1.165) is 0 Å². The van der Waals surface area contributed by atoms with Gasteiger partial charge in [0.15, 0.2) is 17.3 Å². The van der Waals surface area contributed by atoms with Gasteiger partial charge in [-0.3, -0.25) is 0 Å². The lowest BCUT2D eigenvalue weighted by atomic mass is 10.1. The van der Waals surface area contributed by atoms with E-state index in [2.05, 4.69) is 15.2 Å². The highest BCUT2D eigenvalue weighted by Crippen LogP contribution is 2.40. The number of hydrogen-bond acceptors (Lipinski definition) is 7. The van der Waals surface area contributed by atoms with Gasteiger partial charge in [-0.15, -0.1) is 0 Å². The average Bonchev–Trinajstić information content (AvgIpc) is 2.95. The Bertz CT molecular complexity index is 731. The standard InChI is InChI=1S/C11H14N4O5S/c1-18-7-4-6(5-8(19-2)9(7)20-3)10-13-11(15-14-10)21(12,16)17/h4-5H,1-3H3,(H2,12,16,17)(H,13,14,15). The third kappa shape index (κ3) is 2.90. The van der Waals surface area contributed by atoms with Crippen LogP contribution in [0, 0.1) is 0 Å². The molecular formula is C11H14N4O5S. The molecule has 9 nitrogen and oxygen atoms in total. The number of aromatic amines is 1. The Hall–Kier alpha value is -2.33. The van der Waals surface area contributed by atoms with E-state index in [1.165, 1.54) is 21.3 Å². The summed E-state index contributed by atoms with van der Waals surface area (Å²) in [7, 11) is 0.462. The Kier molecular flexibility index (Phi) is 4.00. The van der Waals surface area contributed by atoms with Crippen molar-refractivity contribution in [1.29, 1.82) is 0 Å². The topological polar surface area (TPSA) is 129 Å². The van der Waals surface area contributed by atoms with E-state index < -0.39 is 15.2 Å². The molecule has 0 spiro atoms. The summed E-state index contributed by atoms with van der Waals surface area (Å²) in [6.07, 6.45) is 0. The molecule has 0 radical (unpaired) electrons. The molecule has 1 aromatic carbocycles. The van der Waals surface area contributed by atoms with Crippen LogP contribution in [0.25, 0.3) is 11.4 Å². The molecule has 2 aromatic rings. The van der Waals surface area contributed by atoms with E-state index in [9.17, 15) is 8.42 Å². The molecule has 0 aliphatic carbocycles. The number of sulfonamides is 1. The van der Waals surface area contributed by atoms with E-state index in [0.29, 0.717) is 22.8 Å². The maximum absolute atomic E-state index is 11.2. The van der Waals surface area contributed by atoms with Crippen LogP contribution in [-0.2, 0) is 10.0 Å². The number of primary sulfonamides is 1. The zero-order valence-corrected chi connectivity index (χ0v) is 12.4. The summed E-state index contributed by atoms with van der Waals surface area (Å²) in [5.74, 6) is 1.34. The van der Waals surface area contributed by atoms with Crippen molar-refractivity contribution in [2.45, 2.75) is 5.16 Å². The van der Waals surface area contributed by atoms with Crippen molar-refractivity contribution in [3.63, 3.8) is 0 Å². The lowest BCUT2D eigenvalue weighted by molar-refractivity contribution is 0.324. The second-order valence-corrected chi connectivity index (χ2v) is 5.40. The number of ether oxygens (including phenoxy) is 3. The molecule has 0 aliphatic heterocycles. The molecule has 0 saturated carbocycles. The summed E-state index contributed by atoms with van der Waals surface area (Å²) in [5.41, 5.74) is 0.482. The molecular weight excluding hydrogens is 300 g/mol. The summed E-state index contributed by atoms with van der Waals surface area (Å²) in [6.45, 7) is 0. The van der Waals surface area contributed by atoms with Gasteiger partial charge in [0.2, 0.25) is 5.75 Å². The molecule has 0 bridgehead atoms. The van der Waals surface area contributed by atoms with Gasteiger partial charge in [-0.05, 0) is 12.1 Å². The first kappa shape index (κ1) is 15.1. The Morgan fingerprint density at radius 2 is 1.67 bits per heavy atom. The monoisotopic (exact) mass is 314 g/mol. The number of methoxy groups -OCH3 is 3. The third-order valence-electron chi connectivity index (χ3n) is 2.66. The van der Waals surface area contributed by atoms with Crippen molar-refractivity contribution in [2.24, 2.45) is 5.14 Å². The van der Waals surface area contributed by atoms with Gasteiger partial charge in [0.25, 0.3) is 15.2 Å². The molecule has 0 saturated heterocycles. The summed E-state index contributed by atoms with van der Waals surface area (Å²) < 4.78 is 38.0. The Morgan fingerprint density at radius 3 is 2.05 bits per heavy atom. The largest absolute Gasteiger partial charge is 0.493 e. The van der Waals surface area contributed by atoms with Crippen molar-refractivity contribution in [2.75, 3.05) is 21.3 Å². The molecule has 0 unspecified atom stereocenters. The Morgan fingerprint density at radius 1 is 1.10 bits per heavy atom. The van der Waals surface area contributed by atoms with E-state index in [1.807, 2.05) is 0 Å². The maximum atomic E-state index is 11.2. The molecule has 1 heterocycles. The predicted molar refractivity (Wildman–Crippen MR) is 72.8 cm³/mol. The minimum absolute atomic E-state index is 0.137. The van der Waals surface area contributed by atoms with E-state index >= 15 is 0 Å². The molecule has 2 rings (SSSR count). The van der Waals surface area contributed by atoms with Crippen LogP contribution in [0.3, 0.4) is 0 Å². The number of rotatable bonds is 5. The van der Waals surface area contributed by atoms with Crippen molar-refractivity contribution in [3.8, 4) is 28.6 Å². The van der Waals surface area contributed by atoms with Gasteiger partial charge in [-0.1, -0.05) is 0 Å². The number of nitrogens with zero attached hydrogens (tertiary/aromatic N) is 2. The summed E-state index contributed by atoms with van der Waals surface area (Å²) >= 11 is 0. The minimum atomic E-state index is -3.95. The number of H-pyrrole nitrogens is 1. The van der Waals surface area contributed by atoms with Crippen LogP contribution in [0.4, 0.5) is 0 Å². The van der Waals surface area contributed by atoms with Crippen molar-refractivity contribution in [1.82, 2.24) is 15.2 Å². The number of aromatic nitrogens is 3. The molecule has 3 N–H and O–H groups in total. The fourth-order valence-corrected chi connectivity index (χ4v) is 2.10. The predicted octanol–water partition coefficient (Wildman–Crippen LogP) is 0.145. The Labute approximate surface area is 121 Å². The minimum Gasteiger partial charge on any atom is -0.493 e. The van der Waals surface area contributed by atoms with Crippen LogP contribution in [0.1, 0.15) is 0 Å². The van der Waals surface area contributed by atoms with Crippen molar-refractivity contribution >= 4 is 10.0 Å². The SMILES string of the molecule is COc1cc(-c2n[nH]c(S(N)(=O)=O)n2)cc(OC)c1OC. The van der Waals surface area contributed by atoms with Crippen molar-refractivity contribution < 1.29 is 22.6 Å². The number of nitrogens with one attached hydrogen (secondary N) is 1. The number of benzene rings is 1. The zero-order valence-electron chi connectivity index (χ0n) is 11.6. The molecule has 21 heavy (non-hydrogen) atoms. The van der Waals surface area contributed by atoms with Gasteiger partial charge >= 0.3 is 0 Å². The number of nitrogens with two attached hydrogens (primary N) is 1. The molecule has 0 amide bonds. The summed E-state index contributed by atoms with van der Waals surface area (Å²) in [5, 5.41) is 10.6. The van der Waals surface area contributed by atoms with Gasteiger partial charge in [0.05, 0.1) is 21.3 Å². The van der Waals surface area contributed by atoms with E-state index in [4.69, 9.17) is 19.3 Å². The third-order valence-corrected chi connectivity index (χ3v) is 3.38. The summed E-state index contributed by atoms with van der Waals surface area (Å²) in [4.78, 5) is 3.83. The normalized spacial score (nSPS) is 11.2. The first-order chi connectivity index (χ1) is 9.90. The van der Waals surface area contributed by atoms with Crippen LogP contribution in [0.15, 0.2) is 17.3 Å². The lowest BCUT2D eigenvalue weighted by Gasteiger charge is -2.12. The molecule has 0 aliphatic rings. The van der Waals surface area contributed by atoms with Gasteiger partial charge in [0, 0.05) is 5.56 Å². The van der Waals surface area contributed by atoms with Crippen LogP contribution >= 0.6 is 0 Å². The first-order valence-corrected chi connectivity index (χ1v) is 7.21. The molecule has 10 heteroatoms. The van der Waals surface area contributed by atoms with Gasteiger partial charge < -0.3 is 14.2 Å². The van der Waals surface area contributed by atoms with Gasteiger partial charge in [-0.25, -0.2) is 18.7 Å². The van der Waals surface area contributed by atoms with Crippen LogP contribution in [0.2, 0.25) is 0 Å². The molecule has 114 valence electrons. The zero-order chi connectivity index (χ0) is 15.6. The maximum Gasteiger partial charge on any atom is 0.273 e. The van der Waals surface area contributed by atoms with Crippen LogP contribution in [0.5, 0.6) is 17.2 Å². The highest BCUT2D eigenvalue weighted by molar-refractivity contribution is 7.89. The molecule has 0 atom stereocenters. The van der Waals surface area contributed by atoms with E-state index in [-0.39, 0.29) is 5.82 Å². The first-order valence-electron chi connectivity index (χ1n) is 5.66. The van der Waals surface area contributed by atoms with Gasteiger partial charge in [-0.2, -0.15) is 10.1 Å². The highest BCUT2D eigenvalue weighted by atomic mass is 32.2. The van der Waals surface area contributed by atoms with Gasteiger partial charge in [0.1, 0.15) is 0 Å². The van der Waals surface area contributed by atoms with Crippen molar-refractivity contribution in [3.05, 3.63) is 12.1 Å². The Balaban J connectivity index is 2.56. The van der Waals surface area contributed by atoms with Crippen LogP contribution < -0.4 is 19.3 Å². The van der Waals surface area contributed by atoms with E-state index in [1.54, 1.807) is 12.1 Å².